The molecular weight excluding hydrogens is 376 g/mol. The topological polar surface area (TPSA) is 76.7 Å². The number of amides is 1. The SMILES string of the molecule is CCCOC(=O)c1ccc(NC(=S)NC(=O)C=Cc2ccccc2OC)cc1. The number of carbonyl (C=O) groups excluding carboxylic acids is 2. The average molecular weight is 398 g/mol. The molecule has 0 atom stereocenters. The minimum atomic E-state index is -0.372. The predicted octanol–water partition coefficient (Wildman–Crippen LogP) is 3.79. The summed E-state index contributed by atoms with van der Waals surface area (Å²) in [4.78, 5) is 23.8. The van der Waals surface area contributed by atoms with Gasteiger partial charge in [0.15, 0.2) is 5.11 Å². The molecule has 0 saturated carbocycles. The lowest BCUT2D eigenvalue weighted by Gasteiger charge is -2.09. The molecule has 1 amide bonds. The van der Waals surface area contributed by atoms with Gasteiger partial charge >= 0.3 is 5.97 Å². The van der Waals surface area contributed by atoms with Crippen LogP contribution in [0.25, 0.3) is 6.08 Å². The second-order valence-electron chi connectivity index (χ2n) is 5.73. The smallest absolute Gasteiger partial charge is 0.338 e. The van der Waals surface area contributed by atoms with E-state index in [-0.39, 0.29) is 17.0 Å². The molecule has 2 rings (SSSR count). The fourth-order valence-electron chi connectivity index (χ4n) is 2.25. The molecule has 0 fully saturated rings. The van der Waals surface area contributed by atoms with Crippen molar-refractivity contribution in [3.05, 3.63) is 65.7 Å². The van der Waals surface area contributed by atoms with Crippen molar-refractivity contribution < 1.29 is 19.1 Å². The largest absolute Gasteiger partial charge is 0.496 e. The van der Waals surface area contributed by atoms with Crippen LogP contribution in [0.3, 0.4) is 0 Å². The molecule has 0 unspecified atom stereocenters. The van der Waals surface area contributed by atoms with E-state index in [2.05, 4.69) is 10.6 Å². The maximum atomic E-state index is 12.0. The maximum absolute atomic E-state index is 12.0. The van der Waals surface area contributed by atoms with Gasteiger partial charge in [0.25, 0.3) is 0 Å². The number of para-hydroxylation sites is 1. The van der Waals surface area contributed by atoms with Crippen LogP contribution in [0, 0.1) is 0 Å². The van der Waals surface area contributed by atoms with Crippen LogP contribution in [0.2, 0.25) is 0 Å². The molecule has 2 N–H and O–H groups in total. The van der Waals surface area contributed by atoms with E-state index in [1.165, 1.54) is 6.08 Å². The summed E-state index contributed by atoms with van der Waals surface area (Å²) in [5.74, 6) is -0.0706. The Morgan fingerprint density at radius 2 is 1.82 bits per heavy atom. The Labute approximate surface area is 169 Å². The van der Waals surface area contributed by atoms with Crippen molar-refractivity contribution in [1.82, 2.24) is 5.32 Å². The highest BCUT2D eigenvalue weighted by Crippen LogP contribution is 2.18. The number of carbonyl (C=O) groups is 2. The minimum Gasteiger partial charge on any atom is -0.496 e. The summed E-state index contributed by atoms with van der Waals surface area (Å²) in [5, 5.41) is 5.60. The first-order valence-electron chi connectivity index (χ1n) is 8.73. The second kappa shape index (κ2) is 10.8. The molecule has 6 nitrogen and oxygen atoms in total. The number of nitrogens with one attached hydrogen (secondary N) is 2. The van der Waals surface area contributed by atoms with Crippen LogP contribution in [0.15, 0.2) is 54.6 Å². The van der Waals surface area contributed by atoms with E-state index in [9.17, 15) is 9.59 Å². The van der Waals surface area contributed by atoms with Crippen molar-refractivity contribution in [2.45, 2.75) is 13.3 Å². The molecule has 7 heteroatoms. The lowest BCUT2D eigenvalue weighted by Crippen LogP contribution is -2.32. The first-order valence-corrected chi connectivity index (χ1v) is 9.14. The highest BCUT2D eigenvalue weighted by atomic mass is 32.1. The van der Waals surface area contributed by atoms with E-state index in [1.807, 2.05) is 31.2 Å². The third-order valence-electron chi connectivity index (χ3n) is 3.61. The predicted molar refractivity (Wildman–Crippen MR) is 113 cm³/mol. The van der Waals surface area contributed by atoms with Crippen molar-refractivity contribution in [1.29, 1.82) is 0 Å². The van der Waals surface area contributed by atoms with E-state index >= 15 is 0 Å². The number of hydrogen-bond donors (Lipinski definition) is 2. The minimum absolute atomic E-state index is 0.149. The number of thiocarbonyl (C=S) groups is 1. The number of benzene rings is 2. The number of rotatable bonds is 7. The molecule has 0 heterocycles. The molecule has 0 aliphatic carbocycles. The molecule has 0 spiro atoms. The van der Waals surface area contributed by atoms with E-state index < -0.39 is 0 Å². The second-order valence-corrected chi connectivity index (χ2v) is 6.14. The van der Waals surface area contributed by atoms with Gasteiger partial charge in [-0.1, -0.05) is 25.1 Å². The van der Waals surface area contributed by atoms with Crippen LogP contribution in [0.4, 0.5) is 5.69 Å². The number of hydrogen-bond acceptors (Lipinski definition) is 5. The highest BCUT2D eigenvalue weighted by molar-refractivity contribution is 7.80. The highest BCUT2D eigenvalue weighted by Gasteiger charge is 2.07. The van der Waals surface area contributed by atoms with Crippen molar-refractivity contribution in [2.24, 2.45) is 0 Å². The molecule has 0 aromatic heterocycles. The van der Waals surface area contributed by atoms with Gasteiger partial charge < -0.3 is 14.8 Å². The van der Waals surface area contributed by atoms with Crippen LogP contribution in [-0.2, 0) is 9.53 Å². The summed E-state index contributed by atoms with van der Waals surface area (Å²) in [6, 6.07) is 14.0. The van der Waals surface area contributed by atoms with Crippen LogP contribution >= 0.6 is 12.2 Å². The molecular formula is C21H22N2O4S. The fourth-order valence-corrected chi connectivity index (χ4v) is 2.47. The summed E-state index contributed by atoms with van der Waals surface area (Å²) in [5.41, 5.74) is 1.88. The van der Waals surface area contributed by atoms with Crippen molar-refractivity contribution in [3.8, 4) is 5.75 Å². The van der Waals surface area contributed by atoms with Crippen molar-refractivity contribution in [3.63, 3.8) is 0 Å². The zero-order valence-corrected chi connectivity index (χ0v) is 16.5. The Bertz CT molecular complexity index is 863. The van der Waals surface area contributed by atoms with Gasteiger partial charge in [0.2, 0.25) is 5.91 Å². The van der Waals surface area contributed by atoms with E-state index in [4.69, 9.17) is 21.7 Å². The number of methoxy groups -OCH3 is 1. The van der Waals surface area contributed by atoms with Crippen molar-refractivity contribution in [2.75, 3.05) is 19.0 Å². The van der Waals surface area contributed by atoms with Crippen LogP contribution in [-0.4, -0.2) is 30.7 Å². The summed E-state index contributed by atoms with van der Waals surface area (Å²) in [7, 11) is 1.57. The Hall–Kier alpha value is -3.19. The number of esters is 1. The summed E-state index contributed by atoms with van der Waals surface area (Å²) < 4.78 is 10.3. The molecule has 0 aliphatic rings. The van der Waals surface area contributed by atoms with Gasteiger partial charge in [0.05, 0.1) is 19.3 Å². The first kappa shape index (κ1) is 21.1. The van der Waals surface area contributed by atoms with Crippen LogP contribution in [0.1, 0.15) is 29.3 Å². The van der Waals surface area contributed by atoms with Crippen LogP contribution in [0.5, 0.6) is 5.75 Å². The van der Waals surface area contributed by atoms with E-state index in [0.29, 0.717) is 23.6 Å². The molecule has 0 saturated heterocycles. The monoisotopic (exact) mass is 398 g/mol. The maximum Gasteiger partial charge on any atom is 0.338 e. The Morgan fingerprint density at radius 1 is 1.11 bits per heavy atom. The van der Waals surface area contributed by atoms with Gasteiger partial charge in [-0.3, -0.25) is 10.1 Å². The summed E-state index contributed by atoms with van der Waals surface area (Å²) in [6.45, 7) is 2.32. The van der Waals surface area contributed by atoms with Gasteiger partial charge in [0.1, 0.15) is 5.75 Å². The molecule has 2 aromatic carbocycles. The van der Waals surface area contributed by atoms with E-state index in [0.717, 1.165) is 12.0 Å². The third-order valence-corrected chi connectivity index (χ3v) is 3.81. The lowest BCUT2D eigenvalue weighted by atomic mass is 10.2. The summed E-state index contributed by atoms with van der Waals surface area (Å²) >= 11 is 5.14. The number of ether oxygens (including phenoxy) is 2. The van der Waals surface area contributed by atoms with Gasteiger partial charge in [-0.05, 0) is 55.0 Å². The molecule has 146 valence electrons. The zero-order valence-electron chi connectivity index (χ0n) is 15.7. The van der Waals surface area contributed by atoms with E-state index in [1.54, 1.807) is 37.5 Å². The number of anilines is 1. The average Bonchev–Trinajstić information content (AvgIpc) is 2.71. The zero-order chi connectivity index (χ0) is 20.4. The fraction of sp³-hybridized carbons (Fsp3) is 0.190. The molecule has 0 bridgehead atoms. The Kier molecular flexibility index (Phi) is 8.17. The van der Waals surface area contributed by atoms with Crippen LogP contribution < -0.4 is 15.4 Å². The van der Waals surface area contributed by atoms with Gasteiger partial charge in [0, 0.05) is 17.3 Å². The van der Waals surface area contributed by atoms with Gasteiger partial charge in [-0.2, -0.15) is 0 Å². The lowest BCUT2D eigenvalue weighted by molar-refractivity contribution is -0.115. The Balaban J connectivity index is 1.88. The molecule has 2 aromatic rings. The van der Waals surface area contributed by atoms with Crippen molar-refractivity contribution >= 4 is 41.0 Å². The Morgan fingerprint density at radius 3 is 2.50 bits per heavy atom. The van der Waals surface area contributed by atoms with Gasteiger partial charge in [-0.25, -0.2) is 4.79 Å². The quantitative estimate of drug-likeness (QED) is 0.420. The molecule has 0 aliphatic heterocycles. The first-order chi connectivity index (χ1) is 13.5. The molecule has 28 heavy (non-hydrogen) atoms. The van der Waals surface area contributed by atoms with Gasteiger partial charge in [-0.15, -0.1) is 0 Å². The summed E-state index contributed by atoms with van der Waals surface area (Å²) in [6.07, 6.45) is 3.79. The standard InChI is InChI=1S/C21H22N2O4S/c1-3-14-27-20(25)16-8-11-17(12-9-16)22-21(28)23-19(24)13-10-15-6-4-5-7-18(15)26-2/h4-13H,3,14H2,1-2H3,(H2,22,23,24,28). The molecule has 0 radical (unpaired) electrons. The third kappa shape index (κ3) is 6.51. The normalized spacial score (nSPS) is 10.4.